The topological polar surface area (TPSA) is 18.5 Å². The van der Waals surface area contributed by atoms with Crippen molar-refractivity contribution in [1.29, 1.82) is 0 Å². The first-order valence-corrected chi connectivity index (χ1v) is 6.22. The molecule has 0 radical (unpaired) electrons. The van der Waals surface area contributed by atoms with E-state index in [1.807, 2.05) is 6.26 Å². The molecule has 0 aromatic carbocycles. The van der Waals surface area contributed by atoms with E-state index in [1.165, 1.54) is 31.3 Å². The highest BCUT2D eigenvalue weighted by Crippen LogP contribution is 2.33. The standard InChI is InChI=1S/C13H22O2/c1-2-13(7-8-14-10-13)11-15-9-12-5-3-4-6-12/h9H,2-8,10-11H2,1H3. The quantitative estimate of drug-likeness (QED) is 0.663. The largest absolute Gasteiger partial charge is 0.501 e. The molecule has 2 aliphatic rings. The highest BCUT2D eigenvalue weighted by Gasteiger charge is 2.33. The summed E-state index contributed by atoms with van der Waals surface area (Å²) in [5, 5.41) is 0. The van der Waals surface area contributed by atoms with Gasteiger partial charge in [-0.3, -0.25) is 0 Å². The van der Waals surface area contributed by atoms with E-state index in [2.05, 4.69) is 6.92 Å². The van der Waals surface area contributed by atoms with E-state index in [4.69, 9.17) is 9.47 Å². The molecule has 0 N–H and O–H groups in total. The van der Waals surface area contributed by atoms with Crippen LogP contribution in [0.15, 0.2) is 11.8 Å². The van der Waals surface area contributed by atoms with Crippen molar-refractivity contribution in [3.05, 3.63) is 11.8 Å². The lowest BCUT2D eigenvalue weighted by Gasteiger charge is -2.24. The van der Waals surface area contributed by atoms with Crippen LogP contribution >= 0.6 is 0 Å². The summed E-state index contributed by atoms with van der Waals surface area (Å²) in [5.41, 5.74) is 1.80. The average Bonchev–Trinajstić information content (AvgIpc) is 2.89. The van der Waals surface area contributed by atoms with Gasteiger partial charge in [0, 0.05) is 12.0 Å². The van der Waals surface area contributed by atoms with Gasteiger partial charge in [-0.15, -0.1) is 0 Å². The molecule has 1 aliphatic heterocycles. The smallest absolute Gasteiger partial charge is 0.0952 e. The Bertz CT molecular complexity index is 219. The number of allylic oxidation sites excluding steroid dienone is 1. The fraction of sp³-hybridized carbons (Fsp3) is 0.846. The molecule has 2 fully saturated rings. The number of hydrogen-bond donors (Lipinski definition) is 0. The fourth-order valence-corrected chi connectivity index (χ4v) is 2.43. The first kappa shape index (κ1) is 11.0. The van der Waals surface area contributed by atoms with Crippen LogP contribution in [0.5, 0.6) is 0 Å². The SMILES string of the molecule is CCC1(COC=C2CCCC2)CCOC1. The second kappa shape index (κ2) is 5.02. The van der Waals surface area contributed by atoms with E-state index >= 15 is 0 Å². The molecule has 2 heteroatoms. The Morgan fingerprint density at radius 1 is 1.40 bits per heavy atom. The van der Waals surface area contributed by atoms with Crippen molar-refractivity contribution in [3.8, 4) is 0 Å². The van der Waals surface area contributed by atoms with Crippen molar-refractivity contribution < 1.29 is 9.47 Å². The van der Waals surface area contributed by atoms with Gasteiger partial charge in [-0.25, -0.2) is 0 Å². The van der Waals surface area contributed by atoms with Crippen molar-refractivity contribution in [2.75, 3.05) is 19.8 Å². The summed E-state index contributed by atoms with van der Waals surface area (Å²) in [6.45, 7) is 4.87. The molecule has 0 bridgehead atoms. The van der Waals surface area contributed by atoms with Crippen molar-refractivity contribution in [2.45, 2.75) is 45.4 Å². The van der Waals surface area contributed by atoms with Crippen LogP contribution in [0.2, 0.25) is 0 Å². The third kappa shape index (κ3) is 2.75. The maximum absolute atomic E-state index is 5.75. The van der Waals surface area contributed by atoms with Crippen molar-refractivity contribution in [2.24, 2.45) is 5.41 Å². The minimum absolute atomic E-state index is 0.301. The van der Waals surface area contributed by atoms with Crippen LogP contribution in [0, 0.1) is 5.41 Å². The average molecular weight is 210 g/mol. The second-order valence-electron chi connectivity index (χ2n) is 4.95. The van der Waals surface area contributed by atoms with E-state index < -0.39 is 0 Å². The van der Waals surface area contributed by atoms with Crippen LogP contribution in [0.3, 0.4) is 0 Å². The van der Waals surface area contributed by atoms with Gasteiger partial charge in [0.15, 0.2) is 0 Å². The molecule has 2 nitrogen and oxygen atoms in total. The molecule has 0 spiro atoms. The van der Waals surface area contributed by atoms with Crippen molar-refractivity contribution in [3.63, 3.8) is 0 Å². The van der Waals surface area contributed by atoms with Crippen LogP contribution in [-0.4, -0.2) is 19.8 Å². The molecule has 1 unspecified atom stereocenters. The maximum Gasteiger partial charge on any atom is 0.0952 e. The maximum atomic E-state index is 5.75. The lowest BCUT2D eigenvalue weighted by molar-refractivity contribution is 0.0788. The van der Waals surface area contributed by atoms with Crippen LogP contribution in [-0.2, 0) is 9.47 Å². The Labute approximate surface area is 92.6 Å². The summed E-state index contributed by atoms with van der Waals surface area (Å²) >= 11 is 0. The van der Waals surface area contributed by atoms with Gasteiger partial charge in [-0.1, -0.05) is 6.92 Å². The molecule has 15 heavy (non-hydrogen) atoms. The molecule has 1 saturated carbocycles. The summed E-state index contributed by atoms with van der Waals surface area (Å²) in [5.74, 6) is 0. The minimum Gasteiger partial charge on any atom is -0.501 e. The van der Waals surface area contributed by atoms with Gasteiger partial charge in [0.05, 0.1) is 19.5 Å². The highest BCUT2D eigenvalue weighted by atomic mass is 16.5. The third-order valence-corrected chi connectivity index (χ3v) is 3.82. The van der Waals surface area contributed by atoms with Crippen LogP contribution in [0.4, 0.5) is 0 Å². The van der Waals surface area contributed by atoms with Gasteiger partial charge in [0.1, 0.15) is 0 Å². The van der Waals surface area contributed by atoms with Crippen molar-refractivity contribution in [1.82, 2.24) is 0 Å². The fourth-order valence-electron chi connectivity index (χ4n) is 2.43. The summed E-state index contributed by atoms with van der Waals surface area (Å²) < 4.78 is 11.2. The van der Waals surface area contributed by atoms with Crippen molar-refractivity contribution >= 4 is 0 Å². The number of rotatable bonds is 4. The normalized spacial score (nSPS) is 30.9. The van der Waals surface area contributed by atoms with Gasteiger partial charge in [-0.2, -0.15) is 0 Å². The Morgan fingerprint density at radius 2 is 2.20 bits per heavy atom. The Balaban J connectivity index is 1.78. The zero-order valence-corrected chi connectivity index (χ0v) is 9.76. The zero-order valence-electron chi connectivity index (χ0n) is 9.76. The van der Waals surface area contributed by atoms with Gasteiger partial charge in [-0.05, 0) is 44.1 Å². The molecule has 1 aliphatic carbocycles. The summed E-state index contributed by atoms with van der Waals surface area (Å²) in [6, 6.07) is 0. The second-order valence-corrected chi connectivity index (χ2v) is 4.95. The Hall–Kier alpha value is -0.500. The molecular weight excluding hydrogens is 188 g/mol. The lowest BCUT2D eigenvalue weighted by Crippen LogP contribution is -2.25. The molecule has 86 valence electrons. The highest BCUT2D eigenvalue weighted by molar-refractivity contribution is 5.02. The Morgan fingerprint density at radius 3 is 2.80 bits per heavy atom. The van der Waals surface area contributed by atoms with Gasteiger partial charge in [0.2, 0.25) is 0 Å². The number of ether oxygens (including phenoxy) is 2. The van der Waals surface area contributed by atoms with E-state index in [1.54, 1.807) is 0 Å². The predicted octanol–water partition coefficient (Wildman–Crippen LogP) is 3.28. The molecule has 1 saturated heterocycles. The van der Waals surface area contributed by atoms with Crippen LogP contribution in [0.1, 0.15) is 45.4 Å². The lowest BCUT2D eigenvalue weighted by atomic mass is 9.86. The third-order valence-electron chi connectivity index (χ3n) is 3.82. The van der Waals surface area contributed by atoms with Crippen LogP contribution < -0.4 is 0 Å². The molecule has 0 aromatic heterocycles. The first-order valence-electron chi connectivity index (χ1n) is 6.22. The monoisotopic (exact) mass is 210 g/mol. The number of hydrogen-bond acceptors (Lipinski definition) is 2. The van der Waals surface area contributed by atoms with E-state index in [0.717, 1.165) is 32.7 Å². The van der Waals surface area contributed by atoms with E-state index in [9.17, 15) is 0 Å². The van der Waals surface area contributed by atoms with Crippen LogP contribution in [0.25, 0.3) is 0 Å². The Kier molecular flexibility index (Phi) is 3.68. The molecule has 0 aromatic rings. The van der Waals surface area contributed by atoms with Gasteiger partial charge < -0.3 is 9.47 Å². The summed E-state index contributed by atoms with van der Waals surface area (Å²) in [7, 11) is 0. The van der Waals surface area contributed by atoms with Gasteiger partial charge >= 0.3 is 0 Å². The predicted molar refractivity (Wildman–Crippen MR) is 60.7 cm³/mol. The van der Waals surface area contributed by atoms with E-state index in [-0.39, 0.29) is 0 Å². The minimum atomic E-state index is 0.301. The molecule has 2 rings (SSSR count). The summed E-state index contributed by atoms with van der Waals surface area (Å²) in [4.78, 5) is 0. The van der Waals surface area contributed by atoms with Gasteiger partial charge in [0.25, 0.3) is 0 Å². The summed E-state index contributed by atoms with van der Waals surface area (Å²) in [6.07, 6.45) is 9.52. The molecule has 1 atom stereocenters. The van der Waals surface area contributed by atoms with E-state index in [0.29, 0.717) is 5.41 Å². The first-order chi connectivity index (χ1) is 7.35. The molecule has 1 heterocycles. The zero-order chi connectivity index (χ0) is 10.6. The molecule has 0 amide bonds. The molecular formula is C13H22O2.